The van der Waals surface area contributed by atoms with Gasteiger partial charge in [0.25, 0.3) is 5.91 Å². The number of para-hydroxylation sites is 1. The van der Waals surface area contributed by atoms with E-state index in [1.54, 1.807) is 6.20 Å². The van der Waals surface area contributed by atoms with Crippen molar-refractivity contribution >= 4 is 16.8 Å². The van der Waals surface area contributed by atoms with Crippen LogP contribution in [0.1, 0.15) is 22.3 Å². The summed E-state index contributed by atoms with van der Waals surface area (Å²) < 4.78 is 0. The zero-order valence-corrected chi connectivity index (χ0v) is 18.0. The molecule has 1 saturated heterocycles. The predicted octanol–water partition coefficient (Wildman–Crippen LogP) is 4.64. The van der Waals surface area contributed by atoms with E-state index in [1.165, 1.54) is 5.56 Å². The minimum atomic E-state index is 0.0870. The van der Waals surface area contributed by atoms with Crippen LogP contribution >= 0.6 is 0 Å². The standard InChI is InChI=1S/C27H26N4O/c32-27(31-15-7-14-30(16-17-31)20-21-8-6-13-28-19-21)24-18-26(22-9-2-1-3-10-22)29-25-12-5-4-11-23(24)25/h1-6,8-13,18-19H,7,14-17,20H2. The van der Waals surface area contributed by atoms with Crippen molar-refractivity contribution in [1.29, 1.82) is 0 Å². The highest BCUT2D eigenvalue weighted by molar-refractivity contribution is 6.07. The smallest absolute Gasteiger partial charge is 0.254 e. The maximum atomic E-state index is 13.7. The number of hydrogen-bond acceptors (Lipinski definition) is 4. The number of nitrogens with zero attached hydrogens (tertiary/aromatic N) is 4. The Labute approximate surface area is 188 Å². The van der Waals surface area contributed by atoms with Crippen LogP contribution in [0.5, 0.6) is 0 Å². The molecule has 0 saturated carbocycles. The summed E-state index contributed by atoms with van der Waals surface area (Å²) in [5, 5.41) is 0.911. The fourth-order valence-corrected chi connectivity index (χ4v) is 4.36. The molecule has 0 aliphatic carbocycles. The molecule has 0 spiro atoms. The van der Waals surface area contributed by atoms with Crippen molar-refractivity contribution in [3.63, 3.8) is 0 Å². The van der Waals surface area contributed by atoms with Crippen LogP contribution in [0.4, 0.5) is 0 Å². The lowest BCUT2D eigenvalue weighted by Crippen LogP contribution is -2.35. The van der Waals surface area contributed by atoms with Crippen molar-refractivity contribution in [3.05, 3.63) is 96.3 Å². The van der Waals surface area contributed by atoms with E-state index in [9.17, 15) is 4.79 Å². The molecule has 0 unspecified atom stereocenters. The number of fused-ring (bicyclic) bond motifs is 1. The van der Waals surface area contributed by atoms with Crippen molar-refractivity contribution in [2.45, 2.75) is 13.0 Å². The molecular formula is C27H26N4O. The van der Waals surface area contributed by atoms with Crippen molar-refractivity contribution < 1.29 is 4.79 Å². The first-order valence-electron chi connectivity index (χ1n) is 11.1. The summed E-state index contributed by atoms with van der Waals surface area (Å²) in [6.45, 7) is 4.18. The fourth-order valence-electron chi connectivity index (χ4n) is 4.36. The van der Waals surface area contributed by atoms with E-state index in [2.05, 4.69) is 16.0 Å². The molecule has 4 aromatic rings. The van der Waals surface area contributed by atoms with Gasteiger partial charge in [-0.2, -0.15) is 0 Å². The lowest BCUT2D eigenvalue weighted by Gasteiger charge is -2.23. The summed E-state index contributed by atoms with van der Waals surface area (Å²) in [6.07, 6.45) is 4.68. The van der Waals surface area contributed by atoms with Gasteiger partial charge in [-0.05, 0) is 30.2 Å². The third-order valence-corrected chi connectivity index (χ3v) is 6.02. The van der Waals surface area contributed by atoms with Gasteiger partial charge in [0.05, 0.1) is 16.8 Å². The van der Waals surface area contributed by atoms with Crippen LogP contribution < -0.4 is 0 Å². The lowest BCUT2D eigenvalue weighted by molar-refractivity contribution is 0.0763. The van der Waals surface area contributed by atoms with Gasteiger partial charge in [0.2, 0.25) is 0 Å². The molecule has 1 fully saturated rings. The second-order valence-electron chi connectivity index (χ2n) is 8.22. The molecule has 1 aliphatic heterocycles. The monoisotopic (exact) mass is 422 g/mol. The lowest BCUT2D eigenvalue weighted by atomic mass is 10.0. The quantitative estimate of drug-likeness (QED) is 0.481. The first kappa shape index (κ1) is 20.3. The first-order chi connectivity index (χ1) is 15.8. The van der Waals surface area contributed by atoms with Crippen molar-refractivity contribution in [2.24, 2.45) is 0 Å². The average Bonchev–Trinajstić information content (AvgIpc) is 3.09. The van der Waals surface area contributed by atoms with Crippen LogP contribution in [0.25, 0.3) is 22.2 Å². The number of benzene rings is 2. The van der Waals surface area contributed by atoms with Crippen LogP contribution in [-0.2, 0) is 6.54 Å². The van der Waals surface area contributed by atoms with Crippen LogP contribution in [0.3, 0.4) is 0 Å². The zero-order valence-electron chi connectivity index (χ0n) is 18.0. The molecule has 1 aliphatic rings. The highest BCUT2D eigenvalue weighted by Crippen LogP contribution is 2.26. The molecule has 160 valence electrons. The molecule has 0 atom stereocenters. The van der Waals surface area contributed by atoms with Crippen molar-refractivity contribution in [2.75, 3.05) is 26.2 Å². The molecule has 32 heavy (non-hydrogen) atoms. The Kier molecular flexibility index (Phi) is 5.90. The molecule has 0 N–H and O–H groups in total. The maximum Gasteiger partial charge on any atom is 0.254 e. The van der Waals surface area contributed by atoms with Gasteiger partial charge in [-0.3, -0.25) is 14.7 Å². The van der Waals surface area contributed by atoms with Crippen LogP contribution in [0.15, 0.2) is 85.2 Å². The third-order valence-electron chi connectivity index (χ3n) is 6.02. The highest BCUT2D eigenvalue weighted by Gasteiger charge is 2.23. The fraction of sp³-hybridized carbons (Fsp3) is 0.222. The van der Waals surface area contributed by atoms with Crippen molar-refractivity contribution in [1.82, 2.24) is 19.8 Å². The van der Waals surface area contributed by atoms with E-state index in [4.69, 9.17) is 4.98 Å². The highest BCUT2D eigenvalue weighted by atomic mass is 16.2. The number of aromatic nitrogens is 2. The second-order valence-corrected chi connectivity index (χ2v) is 8.22. The van der Waals surface area contributed by atoms with Crippen molar-refractivity contribution in [3.8, 4) is 11.3 Å². The Morgan fingerprint density at radius 1 is 0.875 bits per heavy atom. The number of pyridine rings is 2. The Bertz CT molecular complexity index is 1210. The number of hydrogen-bond donors (Lipinski definition) is 0. The van der Waals surface area contributed by atoms with E-state index in [-0.39, 0.29) is 5.91 Å². The Morgan fingerprint density at radius 2 is 1.72 bits per heavy atom. The topological polar surface area (TPSA) is 49.3 Å². The Morgan fingerprint density at radius 3 is 2.56 bits per heavy atom. The summed E-state index contributed by atoms with van der Waals surface area (Å²) in [4.78, 5) is 27.1. The van der Waals surface area contributed by atoms with E-state index in [0.717, 1.165) is 66.9 Å². The maximum absolute atomic E-state index is 13.7. The summed E-state index contributed by atoms with van der Waals surface area (Å²) >= 11 is 0. The normalized spacial score (nSPS) is 14.9. The van der Waals surface area contributed by atoms with Gasteiger partial charge in [0.15, 0.2) is 0 Å². The number of rotatable bonds is 4. The summed E-state index contributed by atoms with van der Waals surface area (Å²) in [5.74, 6) is 0.0870. The van der Waals surface area contributed by atoms with E-state index in [1.807, 2.05) is 77.8 Å². The van der Waals surface area contributed by atoms with E-state index >= 15 is 0 Å². The number of carbonyl (C=O) groups excluding carboxylic acids is 1. The minimum Gasteiger partial charge on any atom is -0.337 e. The van der Waals surface area contributed by atoms with Crippen LogP contribution in [0.2, 0.25) is 0 Å². The second kappa shape index (κ2) is 9.28. The third kappa shape index (κ3) is 4.39. The van der Waals surface area contributed by atoms with Gasteiger partial charge < -0.3 is 4.90 Å². The molecule has 3 heterocycles. The summed E-state index contributed by atoms with van der Waals surface area (Å²) in [5.41, 5.74) is 4.65. The minimum absolute atomic E-state index is 0.0870. The zero-order chi connectivity index (χ0) is 21.8. The predicted molar refractivity (Wildman–Crippen MR) is 127 cm³/mol. The van der Waals surface area contributed by atoms with E-state index in [0.29, 0.717) is 0 Å². The average molecular weight is 423 g/mol. The van der Waals surface area contributed by atoms with Gasteiger partial charge in [-0.25, -0.2) is 4.98 Å². The van der Waals surface area contributed by atoms with Gasteiger partial charge in [0, 0.05) is 56.1 Å². The Hall–Kier alpha value is -3.57. The molecule has 5 nitrogen and oxygen atoms in total. The molecule has 0 radical (unpaired) electrons. The molecule has 5 heteroatoms. The van der Waals surface area contributed by atoms with Crippen LogP contribution in [0, 0.1) is 0 Å². The summed E-state index contributed by atoms with van der Waals surface area (Å²) in [7, 11) is 0. The molecule has 2 aromatic carbocycles. The van der Waals surface area contributed by atoms with Gasteiger partial charge in [0.1, 0.15) is 0 Å². The van der Waals surface area contributed by atoms with Crippen LogP contribution in [-0.4, -0.2) is 51.9 Å². The SMILES string of the molecule is O=C(c1cc(-c2ccccc2)nc2ccccc12)N1CCCN(Cc2cccnc2)CC1. The summed E-state index contributed by atoms with van der Waals surface area (Å²) in [6, 6.07) is 24.0. The molecule has 1 amide bonds. The van der Waals surface area contributed by atoms with Gasteiger partial charge >= 0.3 is 0 Å². The molecule has 5 rings (SSSR count). The van der Waals surface area contributed by atoms with Gasteiger partial charge in [-0.15, -0.1) is 0 Å². The first-order valence-corrected chi connectivity index (χ1v) is 11.1. The molecule has 2 aromatic heterocycles. The number of amides is 1. The largest absolute Gasteiger partial charge is 0.337 e. The van der Waals surface area contributed by atoms with E-state index < -0.39 is 0 Å². The number of carbonyl (C=O) groups is 1. The Balaban J connectivity index is 1.40. The molecular weight excluding hydrogens is 396 g/mol. The van der Waals surface area contributed by atoms with Gasteiger partial charge in [-0.1, -0.05) is 54.6 Å². The molecule has 0 bridgehead atoms.